The number of hydrogen-bond donors (Lipinski definition) is 1. The number of rotatable bonds is 3. The number of ether oxygens (including phenoxy) is 1. The van der Waals surface area contributed by atoms with Crippen LogP contribution in [-0.2, 0) is 6.54 Å². The molecule has 2 saturated heterocycles. The van der Waals surface area contributed by atoms with E-state index in [0.717, 1.165) is 24.7 Å². The van der Waals surface area contributed by atoms with Gasteiger partial charge in [-0.15, -0.1) is 0 Å². The second kappa shape index (κ2) is 5.62. The molecule has 2 fully saturated rings. The standard InChI is InChI=1S/C16H24N2O2/c1-12-14-4-3-7-17(14)8-9-18(12)11-13-5-6-16(20-2)15(19)10-13/h5-6,10,12,14,19H,3-4,7-9,11H2,1-2H3/t12-,14+/m1/s1. The third kappa shape index (κ3) is 2.50. The molecule has 2 aliphatic rings. The molecular weight excluding hydrogens is 252 g/mol. The van der Waals surface area contributed by atoms with Crippen molar-refractivity contribution in [2.24, 2.45) is 0 Å². The van der Waals surface area contributed by atoms with Crippen LogP contribution in [0.4, 0.5) is 0 Å². The molecule has 0 aliphatic carbocycles. The molecular formula is C16H24N2O2. The molecule has 0 spiro atoms. The average Bonchev–Trinajstić information content (AvgIpc) is 2.91. The third-order valence-corrected chi connectivity index (χ3v) is 4.85. The fourth-order valence-corrected chi connectivity index (χ4v) is 3.67. The van der Waals surface area contributed by atoms with Gasteiger partial charge in [0.05, 0.1) is 7.11 Å². The van der Waals surface area contributed by atoms with E-state index in [4.69, 9.17) is 4.74 Å². The van der Waals surface area contributed by atoms with Crippen molar-refractivity contribution >= 4 is 0 Å². The molecule has 2 heterocycles. The van der Waals surface area contributed by atoms with Gasteiger partial charge in [-0.3, -0.25) is 9.80 Å². The number of piperazine rings is 1. The van der Waals surface area contributed by atoms with E-state index in [9.17, 15) is 5.11 Å². The van der Waals surface area contributed by atoms with Gasteiger partial charge in [-0.1, -0.05) is 6.07 Å². The minimum absolute atomic E-state index is 0.233. The van der Waals surface area contributed by atoms with Crippen LogP contribution in [0.15, 0.2) is 18.2 Å². The number of hydrogen-bond acceptors (Lipinski definition) is 4. The van der Waals surface area contributed by atoms with E-state index in [-0.39, 0.29) is 5.75 Å². The van der Waals surface area contributed by atoms with Crippen molar-refractivity contribution in [3.05, 3.63) is 23.8 Å². The fourth-order valence-electron chi connectivity index (χ4n) is 3.67. The Balaban J connectivity index is 1.69. The molecule has 4 nitrogen and oxygen atoms in total. The van der Waals surface area contributed by atoms with Crippen molar-refractivity contribution in [2.75, 3.05) is 26.7 Å². The largest absolute Gasteiger partial charge is 0.504 e. The summed E-state index contributed by atoms with van der Waals surface area (Å²) in [4.78, 5) is 5.17. The maximum atomic E-state index is 9.89. The number of aromatic hydroxyl groups is 1. The van der Waals surface area contributed by atoms with Crippen molar-refractivity contribution in [3.63, 3.8) is 0 Å². The highest BCUT2D eigenvalue weighted by molar-refractivity contribution is 5.41. The van der Waals surface area contributed by atoms with Gasteiger partial charge in [0.15, 0.2) is 11.5 Å². The Morgan fingerprint density at radius 2 is 2.15 bits per heavy atom. The lowest BCUT2D eigenvalue weighted by molar-refractivity contribution is 0.0470. The molecule has 2 aliphatic heterocycles. The smallest absolute Gasteiger partial charge is 0.160 e. The maximum absolute atomic E-state index is 9.89. The van der Waals surface area contributed by atoms with Gasteiger partial charge in [0.1, 0.15) is 0 Å². The van der Waals surface area contributed by atoms with Crippen LogP contribution in [0.3, 0.4) is 0 Å². The van der Waals surface area contributed by atoms with Gasteiger partial charge in [0, 0.05) is 31.7 Å². The average molecular weight is 276 g/mol. The normalized spacial score (nSPS) is 27.5. The van der Waals surface area contributed by atoms with E-state index < -0.39 is 0 Å². The summed E-state index contributed by atoms with van der Waals surface area (Å²) in [6.07, 6.45) is 2.66. The van der Waals surface area contributed by atoms with Gasteiger partial charge >= 0.3 is 0 Å². The zero-order chi connectivity index (χ0) is 14.1. The van der Waals surface area contributed by atoms with Crippen molar-refractivity contribution in [3.8, 4) is 11.5 Å². The quantitative estimate of drug-likeness (QED) is 0.917. The van der Waals surface area contributed by atoms with E-state index in [0.29, 0.717) is 11.8 Å². The third-order valence-electron chi connectivity index (χ3n) is 4.85. The number of benzene rings is 1. The Morgan fingerprint density at radius 1 is 1.30 bits per heavy atom. The van der Waals surface area contributed by atoms with Crippen LogP contribution < -0.4 is 4.74 Å². The molecule has 20 heavy (non-hydrogen) atoms. The van der Waals surface area contributed by atoms with Crippen LogP contribution in [0.25, 0.3) is 0 Å². The highest BCUT2D eigenvalue weighted by Gasteiger charge is 2.36. The summed E-state index contributed by atoms with van der Waals surface area (Å²) in [6.45, 7) is 6.81. The molecule has 0 saturated carbocycles. The minimum atomic E-state index is 0.233. The first-order chi connectivity index (χ1) is 9.69. The molecule has 3 rings (SSSR count). The predicted molar refractivity (Wildman–Crippen MR) is 79.1 cm³/mol. The summed E-state index contributed by atoms with van der Waals surface area (Å²) in [6, 6.07) is 7.03. The first-order valence-electron chi connectivity index (χ1n) is 7.53. The van der Waals surface area contributed by atoms with Gasteiger partial charge in [-0.25, -0.2) is 0 Å². The van der Waals surface area contributed by atoms with Crippen LogP contribution in [0.5, 0.6) is 11.5 Å². The predicted octanol–water partition coefficient (Wildman–Crippen LogP) is 2.07. The summed E-state index contributed by atoms with van der Waals surface area (Å²) in [5.74, 6) is 0.777. The number of methoxy groups -OCH3 is 1. The van der Waals surface area contributed by atoms with E-state index in [1.165, 1.54) is 25.9 Å². The van der Waals surface area contributed by atoms with E-state index >= 15 is 0 Å². The molecule has 110 valence electrons. The first kappa shape index (κ1) is 13.7. The van der Waals surface area contributed by atoms with Crippen LogP contribution in [0.2, 0.25) is 0 Å². The molecule has 0 amide bonds. The summed E-state index contributed by atoms with van der Waals surface area (Å²) < 4.78 is 5.10. The highest BCUT2D eigenvalue weighted by atomic mass is 16.5. The van der Waals surface area contributed by atoms with Crippen LogP contribution in [0.1, 0.15) is 25.3 Å². The molecule has 0 aromatic heterocycles. The van der Waals surface area contributed by atoms with E-state index in [1.54, 1.807) is 7.11 Å². The zero-order valence-electron chi connectivity index (χ0n) is 12.4. The Bertz CT molecular complexity index is 478. The van der Waals surface area contributed by atoms with Crippen LogP contribution in [-0.4, -0.2) is 53.7 Å². The highest BCUT2D eigenvalue weighted by Crippen LogP contribution is 2.30. The number of nitrogens with zero attached hydrogens (tertiary/aromatic N) is 2. The summed E-state index contributed by atoms with van der Waals surface area (Å²) in [7, 11) is 1.58. The topological polar surface area (TPSA) is 35.9 Å². The van der Waals surface area contributed by atoms with Crippen molar-refractivity contribution < 1.29 is 9.84 Å². The van der Waals surface area contributed by atoms with Gasteiger partial charge in [0.2, 0.25) is 0 Å². The lowest BCUT2D eigenvalue weighted by Gasteiger charge is -2.43. The van der Waals surface area contributed by atoms with E-state index in [1.807, 2.05) is 18.2 Å². The molecule has 1 aromatic carbocycles. The first-order valence-corrected chi connectivity index (χ1v) is 7.53. The van der Waals surface area contributed by atoms with Crippen LogP contribution in [0, 0.1) is 0 Å². The number of phenols is 1. The van der Waals surface area contributed by atoms with Gasteiger partial charge in [-0.05, 0) is 44.0 Å². The molecule has 2 atom stereocenters. The lowest BCUT2D eigenvalue weighted by Crippen LogP contribution is -2.55. The van der Waals surface area contributed by atoms with Gasteiger partial charge in [-0.2, -0.15) is 0 Å². The Hall–Kier alpha value is -1.26. The zero-order valence-corrected chi connectivity index (χ0v) is 12.4. The Labute approximate surface area is 120 Å². The number of fused-ring (bicyclic) bond motifs is 1. The van der Waals surface area contributed by atoms with Crippen molar-refractivity contribution in [1.29, 1.82) is 0 Å². The molecule has 1 N–H and O–H groups in total. The monoisotopic (exact) mass is 276 g/mol. The SMILES string of the molecule is COc1ccc(CN2CCN3CCC[C@H]3[C@H]2C)cc1O. The van der Waals surface area contributed by atoms with Gasteiger partial charge in [0.25, 0.3) is 0 Å². The summed E-state index contributed by atoms with van der Waals surface area (Å²) in [5, 5.41) is 9.89. The second-order valence-electron chi connectivity index (χ2n) is 5.96. The fraction of sp³-hybridized carbons (Fsp3) is 0.625. The van der Waals surface area contributed by atoms with Crippen molar-refractivity contribution in [2.45, 2.75) is 38.4 Å². The Morgan fingerprint density at radius 3 is 2.90 bits per heavy atom. The molecule has 1 aromatic rings. The van der Waals surface area contributed by atoms with Gasteiger partial charge < -0.3 is 9.84 Å². The second-order valence-corrected chi connectivity index (χ2v) is 5.96. The Kier molecular flexibility index (Phi) is 3.85. The summed E-state index contributed by atoms with van der Waals surface area (Å²) in [5.41, 5.74) is 1.15. The van der Waals surface area contributed by atoms with Crippen molar-refractivity contribution in [1.82, 2.24) is 9.80 Å². The van der Waals surface area contributed by atoms with E-state index in [2.05, 4.69) is 16.7 Å². The molecule has 0 radical (unpaired) electrons. The number of phenolic OH excluding ortho intramolecular Hbond substituents is 1. The maximum Gasteiger partial charge on any atom is 0.160 e. The molecule has 4 heteroatoms. The molecule has 0 bridgehead atoms. The summed E-state index contributed by atoms with van der Waals surface area (Å²) >= 11 is 0. The lowest BCUT2D eigenvalue weighted by atomic mass is 10.0. The molecule has 0 unspecified atom stereocenters. The minimum Gasteiger partial charge on any atom is -0.504 e. The van der Waals surface area contributed by atoms with Crippen LogP contribution >= 0.6 is 0 Å².